The Balaban J connectivity index is 1.46. The molecule has 2 aliphatic heterocycles. The predicted octanol–water partition coefficient (Wildman–Crippen LogP) is 0.716. The molecule has 2 amide bonds. The molecule has 0 saturated carbocycles. The van der Waals surface area contributed by atoms with E-state index in [2.05, 4.69) is 25.3 Å². The van der Waals surface area contributed by atoms with Crippen LogP contribution in [0.25, 0.3) is 0 Å². The van der Waals surface area contributed by atoms with Gasteiger partial charge in [-0.05, 0) is 26.0 Å². The molecule has 3 aromatic rings. The van der Waals surface area contributed by atoms with Crippen molar-refractivity contribution in [3.05, 3.63) is 59.2 Å². The lowest BCUT2D eigenvalue weighted by atomic mass is 9.80. The van der Waals surface area contributed by atoms with E-state index >= 15 is 0 Å². The van der Waals surface area contributed by atoms with Crippen molar-refractivity contribution in [3.63, 3.8) is 0 Å². The van der Waals surface area contributed by atoms with Gasteiger partial charge in [-0.2, -0.15) is 10.2 Å². The second kappa shape index (κ2) is 7.00. The van der Waals surface area contributed by atoms with Crippen LogP contribution in [-0.2, 0) is 12.5 Å². The molecule has 31 heavy (non-hydrogen) atoms. The largest absolute Gasteiger partial charge is 0.337 e. The number of pyridine rings is 1. The zero-order valence-electron chi connectivity index (χ0n) is 17.7. The van der Waals surface area contributed by atoms with Crippen LogP contribution in [0.5, 0.6) is 0 Å². The Kier molecular flexibility index (Phi) is 4.38. The monoisotopic (exact) mass is 420 g/mol. The zero-order chi connectivity index (χ0) is 21.8. The van der Waals surface area contributed by atoms with Crippen LogP contribution in [0.4, 0.5) is 0 Å². The Bertz CT molecular complexity index is 1150. The maximum atomic E-state index is 13.3. The average Bonchev–Trinajstić information content (AvgIpc) is 3.49. The minimum atomic E-state index is -0.506. The van der Waals surface area contributed by atoms with Crippen molar-refractivity contribution in [2.45, 2.75) is 19.3 Å². The summed E-state index contributed by atoms with van der Waals surface area (Å²) in [5.41, 5.74) is 1.37. The number of nitrogens with one attached hydrogen (secondary N) is 1. The van der Waals surface area contributed by atoms with Gasteiger partial charge in [-0.25, -0.2) is 4.98 Å². The average molecular weight is 420 g/mol. The summed E-state index contributed by atoms with van der Waals surface area (Å²) < 4.78 is 1.65. The SMILES string of the molecule is Cc1nc([C@]23CN(C(=O)c4cccnc4)C[C@H]2CN(C(=O)c2cn(C)nc2C)C3)n[nH]1. The Labute approximate surface area is 179 Å². The number of H-pyrrole nitrogens is 1. The molecular weight excluding hydrogens is 396 g/mol. The van der Waals surface area contributed by atoms with Crippen LogP contribution in [0.15, 0.2) is 30.7 Å². The van der Waals surface area contributed by atoms with E-state index in [1.54, 1.807) is 35.4 Å². The molecule has 0 unspecified atom stereocenters. The number of carbonyl (C=O) groups excluding carboxylic acids is 2. The molecular formula is C21H24N8O2. The van der Waals surface area contributed by atoms with Crippen LogP contribution in [0.2, 0.25) is 0 Å². The van der Waals surface area contributed by atoms with Crippen molar-refractivity contribution in [3.8, 4) is 0 Å². The molecule has 5 rings (SSSR count). The van der Waals surface area contributed by atoms with Crippen molar-refractivity contribution < 1.29 is 9.59 Å². The van der Waals surface area contributed by atoms with Crippen LogP contribution in [0.3, 0.4) is 0 Å². The molecule has 0 bridgehead atoms. The number of aromatic nitrogens is 6. The minimum Gasteiger partial charge on any atom is -0.337 e. The normalized spacial score (nSPS) is 22.7. The van der Waals surface area contributed by atoms with Gasteiger partial charge in [0.25, 0.3) is 11.8 Å². The fourth-order valence-electron chi connectivity index (χ4n) is 4.91. The highest BCUT2D eigenvalue weighted by Gasteiger charge is 2.58. The van der Waals surface area contributed by atoms with E-state index in [4.69, 9.17) is 0 Å². The van der Waals surface area contributed by atoms with E-state index in [9.17, 15) is 9.59 Å². The number of hydrogen-bond donors (Lipinski definition) is 1. The first-order valence-corrected chi connectivity index (χ1v) is 10.3. The van der Waals surface area contributed by atoms with Gasteiger partial charge in [0.15, 0.2) is 5.82 Å². The highest BCUT2D eigenvalue weighted by atomic mass is 16.2. The Morgan fingerprint density at radius 1 is 1.16 bits per heavy atom. The highest BCUT2D eigenvalue weighted by molar-refractivity contribution is 5.96. The third-order valence-corrected chi connectivity index (χ3v) is 6.38. The lowest BCUT2D eigenvalue weighted by Crippen LogP contribution is -2.42. The summed E-state index contributed by atoms with van der Waals surface area (Å²) in [5.74, 6) is 1.32. The smallest absolute Gasteiger partial charge is 0.257 e. The fraction of sp³-hybridized carbons (Fsp3) is 0.429. The number of amides is 2. The van der Waals surface area contributed by atoms with Crippen LogP contribution in [-0.4, -0.2) is 77.7 Å². The topological polar surface area (TPSA) is 113 Å². The molecule has 10 heteroatoms. The van der Waals surface area contributed by atoms with Gasteiger partial charge in [0.2, 0.25) is 0 Å². The number of carbonyl (C=O) groups is 2. The van der Waals surface area contributed by atoms with Gasteiger partial charge in [0.1, 0.15) is 5.82 Å². The third-order valence-electron chi connectivity index (χ3n) is 6.38. The van der Waals surface area contributed by atoms with Crippen molar-refractivity contribution >= 4 is 11.8 Å². The molecule has 2 aliphatic rings. The van der Waals surface area contributed by atoms with Gasteiger partial charge in [0.05, 0.1) is 22.2 Å². The van der Waals surface area contributed by atoms with Gasteiger partial charge < -0.3 is 9.80 Å². The zero-order valence-corrected chi connectivity index (χ0v) is 17.7. The molecule has 10 nitrogen and oxygen atoms in total. The molecule has 2 fully saturated rings. The number of aryl methyl sites for hydroxylation is 3. The van der Waals surface area contributed by atoms with Crippen LogP contribution < -0.4 is 0 Å². The van der Waals surface area contributed by atoms with Crippen molar-refractivity contribution in [2.75, 3.05) is 26.2 Å². The van der Waals surface area contributed by atoms with Gasteiger partial charge in [0, 0.05) is 57.7 Å². The molecule has 2 saturated heterocycles. The summed E-state index contributed by atoms with van der Waals surface area (Å²) in [5, 5.41) is 11.7. The molecule has 2 atom stereocenters. The highest BCUT2D eigenvalue weighted by Crippen LogP contribution is 2.44. The summed E-state index contributed by atoms with van der Waals surface area (Å²) in [7, 11) is 1.81. The molecule has 0 aliphatic carbocycles. The Morgan fingerprint density at radius 2 is 1.90 bits per heavy atom. The first-order chi connectivity index (χ1) is 14.9. The first kappa shape index (κ1) is 19.4. The van der Waals surface area contributed by atoms with Gasteiger partial charge in [-0.3, -0.25) is 24.4 Å². The van der Waals surface area contributed by atoms with E-state index in [-0.39, 0.29) is 17.7 Å². The van der Waals surface area contributed by atoms with Crippen molar-refractivity contribution in [1.82, 2.24) is 39.7 Å². The molecule has 160 valence electrons. The second-order valence-corrected chi connectivity index (χ2v) is 8.51. The number of aromatic amines is 1. The minimum absolute atomic E-state index is 0.0447. The molecule has 1 N–H and O–H groups in total. The number of likely N-dealkylation sites (tertiary alicyclic amines) is 2. The van der Waals surface area contributed by atoms with Gasteiger partial charge >= 0.3 is 0 Å². The summed E-state index contributed by atoms with van der Waals surface area (Å²) in [6.45, 7) is 5.69. The van der Waals surface area contributed by atoms with E-state index in [1.807, 2.05) is 30.7 Å². The van der Waals surface area contributed by atoms with E-state index < -0.39 is 5.41 Å². The Morgan fingerprint density at radius 3 is 2.48 bits per heavy atom. The standard InChI is InChI=1S/C21H24N8O2/c1-13-17(10-27(3)26-13)19(31)29-9-16-8-28(18(30)15-5-4-6-22-7-15)11-21(16,12-29)20-23-14(2)24-25-20/h4-7,10,16H,8-9,11-12H2,1-3H3,(H,23,24,25)/t16-,21-/m0/s1. The fourth-order valence-corrected chi connectivity index (χ4v) is 4.91. The molecule has 0 radical (unpaired) electrons. The predicted molar refractivity (Wildman–Crippen MR) is 110 cm³/mol. The molecule has 5 heterocycles. The first-order valence-electron chi connectivity index (χ1n) is 10.3. The van der Waals surface area contributed by atoms with Gasteiger partial charge in [-0.15, -0.1) is 0 Å². The lowest BCUT2D eigenvalue weighted by Gasteiger charge is -2.26. The number of fused-ring (bicyclic) bond motifs is 1. The summed E-state index contributed by atoms with van der Waals surface area (Å²) >= 11 is 0. The summed E-state index contributed by atoms with van der Waals surface area (Å²) in [6, 6.07) is 3.53. The van der Waals surface area contributed by atoms with E-state index in [0.29, 0.717) is 54.6 Å². The van der Waals surface area contributed by atoms with Crippen LogP contribution >= 0.6 is 0 Å². The number of hydrogen-bond acceptors (Lipinski definition) is 6. The lowest BCUT2D eigenvalue weighted by molar-refractivity contribution is 0.0731. The molecule has 0 aromatic carbocycles. The van der Waals surface area contributed by atoms with E-state index in [0.717, 1.165) is 0 Å². The maximum Gasteiger partial charge on any atom is 0.257 e. The van der Waals surface area contributed by atoms with Crippen LogP contribution in [0, 0.1) is 19.8 Å². The molecule has 3 aromatic heterocycles. The van der Waals surface area contributed by atoms with Crippen LogP contribution in [0.1, 0.15) is 38.1 Å². The van der Waals surface area contributed by atoms with Gasteiger partial charge in [-0.1, -0.05) is 0 Å². The Hall–Kier alpha value is -3.56. The summed E-state index contributed by atoms with van der Waals surface area (Å²) in [6.07, 6.45) is 4.99. The quantitative estimate of drug-likeness (QED) is 0.668. The van der Waals surface area contributed by atoms with E-state index in [1.165, 1.54) is 0 Å². The number of rotatable bonds is 3. The number of nitrogens with zero attached hydrogens (tertiary/aromatic N) is 7. The summed E-state index contributed by atoms with van der Waals surface area (Å²) in [4.78, 5) is 38.7. The van der Waals surface area contributed by atoms with Crippen molar-refractivity contribution in [2.24, 2.45) is 13.0 Å². The van der Waals surface area contributed by atoms with Crippen molar-refractivity contribution in [1.29, 1.82) is 0 Å². The second-order valence-electron chi connectivity index (χ2n) is 8.51. The third kappa shape index (κ3) is 3.09. The molecule has 0 spiro atoms. The maximum absolute atomic E-state index is 13.3.